The Labute approximate surface area is 130 Å². The molecule has 6 nitrogen and oxygen atoms in total. The molecular weight excluding hydrogens is 282 g/mol. The van der Waals surface area contributed by atoms with Gasteiger partial charge < -0.3 is 10.2 Å². The number of nitrogens with zero attached hydrogens (tertiary/aromatic N) is 2. The maximum atomic E-state index is 12.6. The van der Waals surface area contributed by atoms with Crippen LogP contribution in [0.4, 0.5) is 5.69 Å². The number of piperidine rings is 1. The van der Waals surface area contributed by atoms with Crippen molar-refractivity contribution in [2.45, 2.75) is 25.3 Å². The Kier molecular flexibility index (Phi) is 5.66. The van der Waals surface area contributed by atoms with Crippen molar-refractivity contribution in [2.75, 3.05) is 19.6 Å². The van der Waals surface area contributed by atoms with Gasteiger partial charge in [-0.1, -0.05) is 24.3 Å². The normalized spacial score (nSPS) is 15.3. The lowest BCUT2D eigenvalue weighted by atomic mass is 10.0. The quantitative estimate of drug-likeness (QED) is 0.495. The fraction of sp³-hybridized carbons (Fsp3) is 0.438. The van der Waals surface area contributed by atoms with Crippen molar-refractivity contribution in [1.29, 1.82) is 0 Å². The van der Waals surface area contributed by atoms with Gasteiger partial charge in [0.1, 0.15) is 0 Å². The number of nitrogens with one attached hydrogen (secondary N) is 1. The average Bonchev–Trinajstić information content (AvgIpc) is 2.53. The smallest absolute Gasteiger partial charge is 0.273 e. The molecule has 22 heavy (non-hydrogen) atoms. The van der Waals surface area contributed by atoms with E-state index >= 15 is 0 Å². The van der Waals surface area contributed by atoms with Crippen molar-refractivity contribution in [3.63, 3.8) is 0 Å². The first-order valence-corrected chi connectivity index (χ1v) is 7.47. The van der Waals surface area contributed by atoms with Gasteiger partial charge in [0.15, 0.2) is 0 Å². The molecule has 0 aliphatic carbocycles. The Balaban J connectivity index is 2.14. The van der Waals surface area contributed by atoms with Gasteiger partial charge in [-0.3, -0.25) is 14.9 Å². The monoisotopic (exact) mass is 303 g/mol. The third-order valence-corrected chi connectivity index (χ3v) is 3.93. The van der Waals surface area contributed by atoms with Gasteiger partial charge in [0, 0.05) is 24.2 Å². The van der Waals surface area contributed by atoms with Gasteiger partial charge in [0.25, 0.3) is 5.69 Å². The molecule has 0 radical (unpaired) electrons. The van der Waals surface area contributed by atoms with Crippen molar-refractivity contribution in [2.24, 2.45) is 0 Å². The van der Waals surface area contributed by atoms with Crippen molar-refractivity contribution >= 4 is 11.6 Å². The molecule has 1 aromatic carbocycles. The Morgan fingerprint density at radius 3 is 2.73 bits per heavy atom. The summed E-state index contributed by atoms with van der Waals surface area (Å²) in [6, 6.07) is 6.59. The van der Waals surface area contributed by atoms with E-state index in [1.807, 2.05) is 0 Å². The third-order valence-electron chi connectivity index (χ3n) is 3.93. The molecule has 1 saturated heterocycles. The van der Waals surface area contributed by atoms with Crippen LogP contribution in [0.3, 0.4) is 0 Å². The summed E-state index contributed by atoms with van der Waals surface area (Å²) in [6.07, 6.45) is 3.56. The summed E-state index contributed by atoms with van der Waals surface area (Å²) in [5, 5.41) is 14.3. The largest absolute Gasteiger partial charge is 0.336 e. The molecule has 1 N–H and O–H groups in total. The highest BCUT2D eigenvalue weighted by atomic mass is 16.6. The standard InChI is InChI=1S/C16H21N3O3/c1-2-11-18(14-7-9-17-10-8-14)16(20)12-13-5-3-4-6-15(13)19(21)22/h2-6,14,17H,1,7-12H2. The lowest BCUT2D eigenvalue weighted by molar-refractivity contribution is -0.385. The van der Waals surface area contributed by atoms with Gasteiger partial charge in [0.05, 0.1) is 11.3 Å². The molecule has 1 aliphatic heterocycles. The van der Waals surface area contributed by atoms with Crippen LogP contribution < -0.4 is 5.32 Å². The topological polar surface area (TPSA) is 75.5 Å². The van der Waals surface area contributed by atoms with Crippen molar-refractivity contribution in [1.82, 2.24) is 10.2 Å². The molecular formula is C16H21N3O3. The van der Waals surface area contributed by atoms with Crippen molar-refractivity contribution in [3.8, 4) is 0 Å². The molecule has 1 aliphatic rings. The Hall–Kier alpha value is -2.21. The molecule has 0 saturated carbocycles. The number of carbonyl (C=O) groups is 1. The summed E-state index contributed by atoms with van der Waals surface area (Å²) in [6.45, 7) is 5.96. The van der Waals surface area contributed by atoms with Gasteiger partial charge >= 0.3 is 0 Å². The predicted molar refractivity (Wildman–Crippen MR) is 84.6 cm³/mol. The summed E-state index contributed by atoms with van der Waals surface area (Å²) in [4.78, 5) is 25.0. The third kappa shape index (κ3) is 3.92. The Morgan fingerprint density at radius 2 is 2.09 bits per heavy atom. The maximum absolute atomic E-state index is 12.6. The molecule has 118 valence electrons. The Bertz CT molecular complexity index is 553. The van der Waals surface area contributed by atoms with Gasteiger partial charge in [-0.2, -0.15) is 0 Å². The summed E-state index contributed by atoms with van der Waals surface area (Å²) >= 11 is 0. The van der Waals surface area contributed by atoms with E-state index in [0.717, 1.165) is 25.9 Å². The van der Waals surface area contributed by atoms with E-state index in [1.54, 1.807) is 29.2 Å². The molecule has 0 unspecified atom stereocenters. The minimum absolute atomic E-state index is 0.000265. The van der Waals surface area contributed by atoms with E-state index in [1.165, 1.54) is 6.07 Å². The van der Waals surface area contributed by atoms with Crippen LogP contribution in [0.2, 0.25) is 0 Å². The fourth-order valence-electron chi connectivity index (χ4n) is 2.81. The highest BCUT2D eigenvalue weighted by Crippen LogP contribution is 2.20. The number of carbonyl (C=O) groups excluding carboxylic acids is 1. The van der Waals surface area contributed by atoms with E-state index in [4.69, 9.17) is 0 Å². The molecule has 6 heteroatoms. The fourth-order valence-corrected chi connectivity index (χ4v) is 2.81. The number of amides is 1. The first-order valence-electron chi connectivity index (χ1n) is 7.47. The second kappa shape index (κ2) is 7.70. The SMILES string of the molecule is C=CCN(C(=O)Cc1ccccc1[N+](=O)[O-])C1CCNCC1. The van der Waals surface area contributed by atoms with Crippen LogP contribution in [-0.2, 0) is 11.2 Å². The zero-order valence-electron chi connectivity index (χ0n) is 12.5. The minimum atomic E-state index is -0.440. The zero-order chi connectivity index (χ0) is 15.9. The lowest BCUT2D eigenvalue weighted by Crippen LogP contribution is -2.46. The predicted octanol–water partition coefficient (Wildman–Crippen LogP) is 1.90. The van der Waals surface area contributed by atoms with Crippen LogP contribution >= 0.6 is 0 Å². The first-order chi connectivity index (χ1) is 10.6. The average molecular weight is 303 g/mol. The number of nitro groups is 1. The van der Waals surface area contributed by atoms with Gasteiger partial charge in [-0.25, -0.2) is 0 Å². The molecule has 0 bridgehead atoms. The molecule has 0 aromatic heterocycles. The summed E-state index contributed by atoms with van der Waals surface area (Å²) in [7, 11) is 0. The maximum Gasteiger partial charge on any atom is 0.273 e. The van der Waals surface area contributed by atoms with E-state index < -0.39 is 4.92 Å². The van der Waals surface area contributed by atoms with Crippen LogP contribution in [0.1, 0.15) is 18.4 Å². The van der Waals surface area contributed by atoms with Gasteiger partial charge in [-0.15, -0.1) is 6.58 Å². The molecule has 1 heterocycles. The molecule has 2 rings (SSSR count). The second-order valence-corrected chi connectivity index (χ2v) is 5.38. The summed E-state index contributed by atoms with van der Waals surface area (Å²) < 4.78 is 0. The van der Waals surface area contributed by atoms with E-state index in [0.29, 0.717) is 12.1 Å². The van der Waals surface area contributed by atoms with E-state index in [-0.39, 0.29) is 24.1 Å². The van der Waals surface area contributed by atoms with E-state index in [2.05, 4.69) is 11.9 Å². The number of rotatable bonds is 6. The summed E-state index contributed by atoms with van der Waals surface area (Å²) in [5.74, 6) is -0.0823. The van der Waals surface area contributed by atoms with Gasteiger partial charge in [0.2, 0.25) is 5.91 Å². The van der Waals surface area contributed by atoms with Crippen LogP contribution in [0.15, 0.2) is 36.9 Å². The van der Waals surface area contributed by atoms with E-state index in [9.17, 15) is 14.9 Å². The zero-order valence-corrected chi connectivity index (χ0v) is 12.5. The highest BCUT2D eigenvalue weighted by molar-refractivity contribution is 5.80. The molecule has 1 fully saturated rings. The van der Waals surface area contributed by atoms with Crippen LogP contribution in [-0.4, -0.2) is 41.4 Å². The number of hydrogen-bond acceptors (Lipinski definition) is 4. The van der Waals surface area contributed by atoms with Gasteiger partial charge in [-0.05, 0) is 25.9 Å². The highest BCUT2D eigenvalue weighted by Gasteiger charge is 2.26. The minimum Gasteiger partial charge on any atom is -0.336 e. The second-order valence-electron chi connectivity index (χ2n) is 5.38. The van der Waals surface area contributed by atoms with Crippen molar-refractivity contribution < 1.29 is 9.72 Å². The van der Waals surface area contributed by atoms with Crippen LogP contribution in [0, 0.1) is 10.1 Å². The summed E-state index contributed by atoms with van der Waals surface area (Å²) in [5.41, 5.74) is 0.459. The molecule has 0 spiro atoms. The lowest BCUT2D eigenvalue weighted by Gasteiger charge is -2.34. The number of para-hydroxylation sites is 1. The van der Waals surface area contributed by atoms with Crippen LogP contribution in [0.5, 0.6) is 0 Å². The number of nitro benzene ring substituents is 1. The first kappa shape index (κ1) is 16.2. The number of hydrogen-bond donors (Lipinski definition) is 1. The Morgan fingerprint density at radius 1 is 1.41 bits per heavy atom. The molecule has 0 atom stereocenters. The molecule has 1 amide bonds. The number of benzene rings is 1. The van der Waals surface area contributed by atoms with Crippen molar-refractivity contribution in [3.05, 3.63) is 52.6 Å². The molecule has 1 aromatic rings. The van der Waals surface area contributed by atoms with Crippen LogP contribution in [0.25, 0.3) is 0 Å².